The first-order valence-electron chi connectivity index (χ1n) is 7.61. The van der Waals surface area contributed by atoms with Gasteiger partial charge in [0, 0.05) is 5.56 Å². The number of nitrogens with zero attached hydrogens (tertiary/aromatic N) is 5. The van der Waals surface area contributed by atoms with Crippen LogP contribution in [-0.2, 0) is 6.54 Å². The van der Waals surface area contributed by atoms with Gasteiger partial charge in [0.1, 0.15) is 5.52 Å². The Labute approximate surface area is 141 Å². The number of aromatic nitrogens is 5. The van der Waals surface area contributed by atoms with Gasteiger partial charge < -0.3 is 4.42 Å². The highest BCUT2D eigenvalue weighted by molar-refractivity contribution is 5.75. The molecule has 4 rings (SSSR count). The molecule has 2 heterocycles. The Kier molecular flexibility index (Phi) is 3.72. The number of rotatable bonds is 4. The number of hydrogen-bond acceptors (Lipinski definition) is 5. The van der Waals surface area contributed by atoms with Crippen molar-refractivity contribution in [1.82, 2.24) is 25.2 Å². The number of halogens is 2. The van der Waals surface area contributed by atoms with Crippen molar-refractivity contribution in [3.05, 3.63) is 59.5 Å². The summed E-state index contributed by atoms with van der Waals surface area (Å²) in [4.78, 5) is 0. The Morgan fingerprint density at radius 2 is 1.84 bits per heavy atom. The maximum absolute atomic E-state index is 12.5. The molecule has 126 valence electrons. The third kappa shape index (κ3) is 2.98. The lowest BCUT2D eigenvalue weighted by molar-refractivity contribution is 0.116. The van der Waals surface area contributed by atoms with Crippen LogP contribution in [0.3, 0.4) is 0 Å². The zero-order valence-corrected chi connectivity index (χ0v) is 13.2. The zero-order chi connectivity index (χ0) is 17.4. The molecule has 2 aromatic heterocycles. The highest BCUT2D eigenvalue weighted by Crippen LogP contribution is 2.23. The predicted molar refractivity (Wildman–Crippen MR) is 86.1 cm³/mol. The third-order valence-electron chi connectivity index (χ3n) is 3.83. The maximum atomic E-state index is 12.5. The fourth-order valence-electron chi connectivity index (χ4n) is 2.56. The Bertz CT molecular complexity index is 1020. The normalized spacial score (nSPS) is 11.5. The first-order valence-corrected chi connectivity index (χ1v) is 7.61. The second-order valence-corrected chi connectivity index (χ2v) is 5.68. The number of hydrogen-bond donors (Lipinski definition) is 0. The van der Waals surface area contributed by atoms with Gasteiger partial charge in [-0.1, -0.05) is 23.4 Å². The van der Waals surface area contributed by atoms with Crippen molar-refractivity contribution in [2.75, 3.05) is 0 Å². The van der Waals surface area contributed by atoms with Crippen molar-refractivity contribution in [2.45, 2.75) is 19.9 Å². The summed E-state index contributed by atoms with van der Waals surface area (Å²) in [6, 6.07) is 13.2. The molecule has 0 aliphatic heterocycles. The molecule has 0 bridgehead atoms. The van der Waals surface area contributed by atoms with Gasteiger partial charge in [0.05, 0.1) is 12.1 Å². The maximum Gasteiger partial charge on any atom is 0.314 e. The molecule has 8 heteroatoms. The predicted octanol–water partition coefficient (Wildman–Crippen LogP) is 3.78. The number of alkyl halides is 2. The minimum Gasteiger partial charge on any atom is -0.415 e. The van der Waals surface area contributed by atoms with Crippen LogP contribution in [0.4, 0.5) is 8.78 Å². The van der Waals surface area contributed by atoms with Gasteiger partial charge in [0.15, 0.2) is 0 Å². The van der Waals surface area contributed by atoms with Crippen LogP contribution >= 0.6 is 0 Å². The minimum absolute atomic E-state index is 0.0727. The van der Waals surface area contributed by atoms with E-state index in [2.05, 4.69) is 20.5 Å². The molecule has 0 amide bonds. The molecule has 0 aliphatic carbocycles. The van der Waals surface area contributed by atoms with Gasteiger partial charge in [0.25, 0.3) is 5.89 Å². The Balaban J connectivity index is 1.57. The zero-order valence-electron chi connectivity index (χ0n) is 13.2. The van der Waals surface area contributed by atoms with E-state index in [0.29, 0.717) is 12.1 Å². The van der Waals surface area contributed by atoms with Gasteiger partial charge in [-0.25, -0.2) is 4.68 Å². The molecule has 0 atom stereocenters. The fourth-order valence-corrected chi connectivity index (χ4v) is 2.56. The van der Waals surface area contributed by atoms with Crippen LogP contribution in [0.5, 0.6) is 0 Å². The molecule has 0 unspecified atom stereocenters. The number of aryl methyl sites for hydroxylation is 1. The summed E-state index contributed by atoms with van der Waals surface area (Å²) in [7, 11) is 0. The lowest BCUT2D eigenvalue weighted by Gasteiger charge is -2.04. The number of benzene rings is 2. The Morgan fingerprint density at radius 3 is 2.56 bits per heavy atom. The quantitative estimate of drug-likeness (QED) is 0.565. The lowest BCUT2D eigenvalue weighted by Crippen LogP contribution is -2.01. The molecule has 2 aromatic carbocycles. The van der Waals surface area contributed by atoms with Crippen LogP contribution in [0.15, 0.2) is 46.9 Å². The molecule has 25 heavy (non-hydrogen) atoms. The minimum atomic E-state index is -2.77. The van der Waals surface area contributed by atoms with Crippen molar-refractivity contribution < 1.29 is 13.2 Å². The van der Waals surface area contributed by atoms with Crippen LogP contribution < -0.4 is 0 Å². The summed E-state index contributed by atoms with van der Waals surface area (Å²) in [6.07, 6.45) is -2.77. The molecule has 0 aliphatic rings. The van der Waals surface area contributed by atoms with Crippen molar-refractivity contribution in [2.24, 2.45) is 0 Å². The van der Waals surface area contributed by atoms with E-state index >= 15 is 0 Å². The highest BCUT2D eigenvalue weighted by Gasteiger charge is 2.16. The summed E-state index contributed by atoms with van der Waals surface area (Å²) in [5.41, 5.74) is 4.51. The van der Waals surface area contributed by atoms with E-state index < -0.39 is 12.3 Å². The molecule has 0 radical (unpaired) electrons. The molecule has 0 saturated heterocycles. The van der Waals surface area contributed by atoms with Gasteiger partial charge in [-0.2, -0.15) is 8.78 Å². The van der Waals surface area contributed by atoms with Crippen molar-refractivity contribution >= 4 is 11.0 Å². The van der Waals surface area contributed by atoms with Crippen molar-refractivity contribution in [3.8, 4) is 11.5 Å². The summed E-state index contributed by atoms with van der Waals surface area (Å²) < 4.78 is 31.8. The van der Waals surface area contributed by atoms with Crippen LogP contribution in [0.25, 0.3) is 22.5 Å². The molecule has 6 nitrogen and oxygen atoms in total. The Hall–Kier alpha value is -3.16. The van der Waals surface area contributed by atoms with Crippen LogP contribution in [0.1, 0.15) is 23.4 Å². The second-order valence-electron chi connectivity index (χ2n) is 5.68. The van der Waals surface area contributed by atoms with Crippen LogP contribution in [0, 0.1) is 6.92 Å². The van der Waals surface area contributed by atoms with Crippen LogP contribution in [-0.4, -0.2) is 25.2 Å². The molecule has 0 spiro atoms. The summed E-state index contributed by atoms with van der Waals surface area (Å²) in [6.45, 7) is 2.56. The van der Waals surface area contributed by atoms with E-state index in [1.807, 2.05) is 41.9 Å². The topological polar surface area (TPSA) is 69.6 Å². The lowest BCUT2D eigenvalue weighted by atomic mass is 10.1. The molecule has 0 N–H and O–H groups in total. The smallest absolute Gasteiger partial charge is 0.314 e. The van der Waals surface area contributed by atoms with E-state index in [9.17, 15) is 8.78 Å². The molecule has 0 saturated carbocycles. The van der Waals surface area contributed by atoms with E-state index in [4.69, 9.17) is 4.42 Å². The second kappa shape index (κ2) is 6.04. The van der Waals surface area contributed by atoms with Gasteiger partial charge in [-0.3, -0.25) is 0 Å². The highest BCUT2D eigenvalue weighted by atomic mass is 19.3. The third-order valence-corrected chi connectivity index (χ3v) is 3.83. The SMILES string of the molecule is Cc1ccc2c(c1)nnn2Cc1ccc(-c2nnc(C(F)F)o2)cc1. The van der Waals surface area contributed by atoms with Crippen molar-refractivity contribution in [1.29, 1.82) is 0 Å². The molecular formula is C17H13F2N5O. The standard InChI is InChI=1S/C17H13F2N5O/c1-10-2-7-14-13(8-10)20-23-24(14)9-11-3-5-12(6-4-11)16-21-22-17(25-16)15(18)19/h2-8,15H,9H2,1H3. The first kappa shape index (κ1) is 15.4. The first-order chi connectivity index (χ1) is 12.1. The van der Waals surface area contributed by atoms with E-state index in [-0.39, 0.29) is 5.89 Å². The Morgan fingerprint density at radius 1 is 1.04 bits per heavy atom. The van der Waals surface area contributed by atoms with Gasteiger partial charge in [-0.15, -0.1) is 15.3 Å². The largest absolute Gasteiger partial charge is 0.415 e. The summed E-state index contributed by atoms with van der Waals surface area (Å²) in [5.74, 6) is -0.605. The molecule has 4 aromatic rings. The van der Waals surface area contributed by atoms with Gasteiger partial charge in [0.2, 0.25) is 5.89 Å². The fraction of sp³-hybridized carbons (Fsp3) is 0.176. The summed E-state index contributed by atoms with van der Waals surface area (Å²) >= 11 is 0. The summed E-state index contributed by atoms with van der Waals surface area (Å²) in [5, 5.41) is 15.3. The molecule has 0 fully saturated rings. The van der Waals surface area contributed by atoms with Gasteiger partial charge in [-0.05, 0) is 42.3 Å². The monoisotopic (exact) mass is 341 g/mol. The average Bonchev–Trinajstić information content (AvgIpc) is 3.23. The van der Waals surface area contributed by atoms with Gasteiger partial charge >= 0.3 is 6.43 Å². The van der Waals surface area contributed by atoms with E-state index in [1.54, 1.807) is 12.1 Å². The van der Waals surface area contributed by atoms with E-state index in [0.717, 1.165) is 22.2 Å². The van der Waals surface area contributed by atoms with Crippen LogP contribution in [0.2, 0.25) is 0 Å². The van der Waals surface area contributed by atoms with Crippen molar-refractivity contribution in [3.63, 3.8) is 0 Å². The van der Waals surface area contributed by atoms with E-state index in [1.165, 1.54) is 0 Å². The average molecular weight is 341 g/mol. The number of fused-ring (bicyclic) bond motifs is 1. The molecular weight excluding hydrogens is 328 g/mol.